The van der Waals surface area contributed by atoms with Gasteiger partial charge in [-0.25, -0.2) is 0 Å². The van der Waals surface area contributed by atoms with Crippen LogP contribution >= 0.6 is 8.93 Å². The minimum absolute atomic E-state index is 0.378. The first-order valence-electron chi connectivity index (χ1n) is 4.29. The van der Waals surface area contributed by atoms with Crippen LogP contribution in [0.2, 0.25) is 0 Å². The van der Waals surface area contributed by atoms with Crippen LogP contribution in [0.3, 0.4) is 0 Å². The van der Waals surface area contributed by atoms with Crippen LogP contribution in [0.15, 0.2) is 0 Å². The molecule has 0 unspecified atom stereocenters. The molecule has 3 N–H and O–H groups in total. The van der Waals surface area contributed by atoms with Gasteiger partial charge in [0.25, 0.3) is 0 Å². The third kappa shape index (κ3) is 5.95. The van der Waals surface area contributed by atoms with E-state index in [2.05, 4.69) is 0 Å². The predicted octanol–water partition coefficient (Wildman–Crippen LogP) is -4.21. The maximum atomic E-state index is 11.1. The van der Waals surface area contributed by atoms with E-state index in [9.17, 15) is 14.4 Å². The Balaban J connectivity index is 4.34. The average molecular weight is 350 g/mol. The second-order valence-corrected chi connectivity index (χ2v) is 4.66. The van der Waals surface area contributed by atoms with Crippen molar-refractivity contribution in [1.82, 2.24) is 5.32 Å². The molecule has 0 aliphatic rings. The summed E-state index contributed by atoms with van der Waals surface area (Å²) in [5.41, 5.74) is 0. The van der Waals surface area contributed by atoms with Crippen molar-refractivity contribution in [3.63, 3.8) is 0 Å². The Hall–Kier alpha value is -0.350. The number of hydrogen-bond acceptors (Lipinski definition) is 5. The molecule has 2 atom stereocenters. The molecule has 8 heteroatoms. The second-order valence-electron chi connectivity index (χ2n) is 2.73. The number of carbonyl (C=O) groups excluding carboxylic acids is 2. The SMILES string of the molecule is [3H][I-]SC(=O)C[C@H](NC(=O)[C@H](C)O)C(=O)O. The number of halogens is 1. The Morgan fingerprint density at radius 1 is 1.60 bits per heavy atom. The zero-order valence-corrected chi connectivity index (χ0v) is 10.7. The van der Waals surface area contributed by atoms with Gasteiger partial charge in [0, 0.05) is 0 Å². The number of carboxylic acid groups (broad SMARTS) is 1. The molecule has 0 saturated heterocycles. The molecular formula is C7H11INO5S-. The third-order valence-corrected chi connectivity index (χ3v) is 3.26. The summed E-state index contributed by atoms with van der Waals surface area (Å²) in [6, 6.07) is -1.35. The molecule has 0 bridgehead atoms. The van der Waals surface area contributed by atoms with E-state index in [1.165, 1.54) is 6.92 Å². The Bertz CT molecular complexity index is 288. The average Bonchev–Trinajstić information content (AvgIpc) is 2.16. The van der Waals surface area contributed by atoms with Crippen LogP contribution in [0, 0.1) is 0 Å². The van der Waals surface area contributed by atoms with Crippen LogP contribution in [0.5, 0.6) is 0 Å². The topological polar surface area (TPSA) is 104 Å². The Morgan fingerprint density at radius 3 is 2.60 bits per heavy atom. The molecule has 1 amide bonds. The summed E-state index contributed by atoms with van der Waals surface area (Å²) in [6.45, 7) is 1.19. The summed E-state index contributed by atoms with van der Waals surface area (Å²) >= 11 is -1.06. The van der Waals surface area contributed by atoms with Crippen LogP contribution in [0.1, 0.15) is 13.3 Å². The molecule has 0 aliphatic carbocycles. The summed E-state index contributed by atoms with van der Waals surface area (Å²) in [5.74, 6) is -2.18. The first kappa shape index (κ1) is 12.7. The molecule has 88 valence electrons. The quantitative estimate of drug-likeness (QED) is 0.420. The zero-order valence-electron chi connectivity index (χ0n) is 8.77. The van der Waals surface area contributed by atoms with E-state index in [4.69, 9.17) is 10.8 Å². The molecule has 0 saturated carbocycles. The maximum absolute atomic E-state index is 11.1. The summed E-state index contributed by atoms with van der Waals surface area (Å²) in [7, 11) is 0.773. The van der Waals surface area contributed by atoms with Gasteiger partial charge in [0.05, 0.1) is 0 Å². The van der Waals surface area contributed by atoms with Crippen molar-refractivity contribution < 1.29 is 45.6 Å². The Labute approximate surface area is 103 Å². The van der Waals surface area contributed by atoms with Gasteiger partial charge in [0.15, 0.2) is 0 Å². The fourth-order valence-electron chi connectivity index (χ4n) is 0.691. The van der Waals surface area contributed by atoms with E-state index < -0.39 is 50.1 Å². The van der Waals surface area contributed by atoms with Crippen molar-refractivity contribution >= 4 is 25.9 Å². The normalized spacial score (nSPS) is 15.2. The van der Waals surface area contributed by atoms with Gasteiger partial charge in [-0.3, -0.25) is 0 Å². The third-order valence-electron chi connectivity index (χ3n) is 1.45. The van der Waals surface area contributed by atoms with Crippen molar-refractivity contribution in [3.8, 4) is 0 Å². The van der Waals surface area contributed by atoms with Crippen molar-refractivity contribution in [2.75, 3.05) is 0 Å². The van der Waals surface area contributed by atoms with Gasteiger partial charge in [-0.2, -0.15) is 0 Å². The second kappa shape index (κ2) is 7.01. The number of aliphatic hydroxyl groups excluding tert-OH is 1. The van der Waals surface area contributed by atoms with E-state index in [0.717, 1.165) is 8.93 Å². The van der Waals surface area contributed by atoms with Gasteiger partial charge >= 0.3 is 103 Å². The summed E-state index contributed by atoms with van der Waals surface area (Å²) in [5, 5.41) is 19.2. The summed E-state index contributed by atoms with van der Waals surface area (Å²) in [4.78, 5) is 32.8. The van der Waals surface area contributed by atoms with E-state index in [1.807, 2.05) is 5.32 Å². The van der Waals surface area contributed by atoms with Crippen LogP contribution in [-0.2, 0) is 14.4 Å². The summed E-state index contributed by atoms with van der Waals surface area (Å²) in [6.07, 6.45) is -1.70. The molecule has 0 radical (unpaired) electrons. The fourth-order valence-corrected chi connectivity index (χ4v) is 1.46. The van der Waals surface area contributed by atoms with Crippen molar-refractivity contribution in [2.45, 2.75) is 25.5 Å². The molecule has 0 aromatic rings. The molecule has 0 aliphatic heterocycles. The molecule has 0 heterocycles. The van der Waals surface area contributed by atoms with E-state index >= 15 is 0 Å². The van der Waals surface area contributed by atoms with E-state index in [0.29, 0.717) is 0 Å². The van der Waals surface area contributed by atoms with E-state index in [1.54, 1.807) is 0 Å². The van der Waals surface area contributed by atoms with Gasteiger partial charge in [0.1, 0.15) is 0 Å². The van der Waals surface area contributed by atoms with Gasteiger partial charge in [-0.1, -0.05) is 0 Å². The molecule has 15 heavy (non-hydrogen) atoms. The first-order chi connectivity index (χ1) is 7.38. The van der Waals surface area contributed by atoms with Crippen LogP contribution in [0.25, 0.3) is 0 Å². The zero-order chi connectivity index (χ0) is 12.7. The molecule has 6 nitrogen and oxygen atoms in total. The number of carboxylic acids is 1. The standard InChI is InChI=1S/C7H11INO5S/c1-3(10)6(12)9-4(7(13)14)2-5(11)15-8/h3-4,8,10H,2H2,1H3,(H,9,12)(H,13,14)/q-1/t3-,4-/m0/s1/i8T. The van der Waals surface area contributed by atoms with Crippen molar-refractivity contribution in [2.24, 2.45) is 0 Å². The molecule has 0 aromatic heterocycles. The summed E-state index contributed by atoms with van der Waals surface area (Å²) < 4.78 is 6.87. The fraction of sp³-hybridized carbons (Fsp3) is 0.571. The number of rotatable bonds is 6. The van der Waals surface area contributed by atoms with Crippen LogP contribution in [0.4, 0.5) is 0 Å². The number of hydrogen-bond donors (Lipinski definition) is 3. The van der Waals surface area contributed by atoms with E-state index in [-0.39, 0.29) is 6.42 Å². The Kier molecular flexibility index (Phi) is 5.95. The van der Waals surface area contributed by atoms with Gasteiger partial charge in [0.2, 0.25) is 0 Å². The first-order valence-corrected chi connectivity index (χ1v) is 7.27. The molecule has 0 rings (SSSR count). The van der Waals surface area contributed by atoms with Gasteiger partial charge < -0.3 is 0 Å². The van der Waals surface area contributed by atoms with Gasteiger partial charge in [-0.05, 0) is 0 Å². The van der Waals surface area contributed by atoms with Crippen molar-refractivity contribution in [3.05, 3.63) is 0 Å². The molecule has 0 aromatic carbocycles. The van der Waals surface area contributed by atoms with Crippen molar-refractivity contribution in [1.29, 1.82) is 0.594 Å². The van der Waals surface area contributed by atoms with Crippen LogP contribution < -0.4 is 26.3 Å². The molecule has 0 fully saturated rings. The number of carbonyl (C=O) groups is 3. The Morgan fingerprint density at radius 2 is 2.20 bits per heavy atom. The molecule has 0 spiro atoms. The number of aliphatic hydroxyl groups is 1. The molecular weight excluding hydrogens is 337 g/mol. The number of aliphatic carboxylic acids is 1. The monoisotopic (exact) mass is 350 g/mol. The van der Waals surface area contributed by atoms with Crippen LogP contribution in [-0.4, -0.2) is 39.9 Å². The predicted molar refractivity (Wildman–Crippen MR) is 49.9 cm³/mol. The number of amides is 1. The minimum atomic E-state index is -1.35. The van der Waals surface area contributed by atoms with Gasteiger partial charge in [-0.15, -0.1) is 0 Å². The number of nitrogens with one attached hydrogen (secondary N) is 1.